The van der Waals surface area contributed by atoms with E-state index in [0.717, 1.165) is 12.1 Å². The maximum Gasteiger partial charge on any atom is 0.0640 e. The van der Waals surface area contributed by atoms with Gasteiger partial charge in [0.2, 0.25) is 0 Å². The number of aryl methyl sites for hydroxylation is 1. The van der Waals surface area contributed by atoms with E-state index in [1.165, 1.54) is 5.56 Å². The summed E-state index contributed by atoms with van der Waals surface area (Å²) in [4.78, 5) is 0. The molecule has 0 radical (unpaired) electrons. The third kappa shape index (κ3) is 3.04. The second kappa shape index (κ2) is 5.57. The Labute approximate surface area is 115 Å². The number of aromatic nitrogens is 2. The zero-order valence-corrected chi connectivity index (χ0v) is 12.2. The van der Waals surface area contributed by atoms with Gasteiger partial charge in [-0.3, -0.25) is 4.68 Å². The molecule has 0 aliphatic heterocycles. The monoisotopic (exact) mass is 257 g/mol. The van der Waals surface area contributed by atoms with E-state index in [1.54, 1.807) is 0 Å². The van der Waals surface area contributed by atoms with Gasteiger partial charge in [0.05, 0.1) is 5.69 Å². The third-order valence-corrected chi connectivity index (χ3v) is 3.92. The van der Waals surface area contributed by atoms with Crippen molar-refractivity contribution >= 4 is 0 Å². The molecule has 0 saturated carbocycles. The van der Waals surface area contributed by atoms with Crippen LogP contribution in [-0.2, 0) is 18.9 Å². The van der Waals surface area contributed by atoms with Crippen molar-refractivity contribution in [3.05, 3.63) is 53.9 Å². The van der Waals surface area contributed by atoms with E-state index in [4.69, 9.17) is 0 Å². The average molecular weight is 257 g/mol. The predicted octanol–water partition coefficient (Wildman–Crippen LogP) is 2.53. The highest BCUT2D eigenvalue weighted by Crippen LogP contribution is 2.28. The van der Waals surface area contributed by atoms with Crippen LogP contribution in [0.5, 0.6) is 0 Å². The molecule has 1 aromatic carbocycles. The van der Waals surface area contributed by atoms with Crippen LogP contribution >= 0.6 is 0 Å². The molecule has 0 aliphatic rings. The molecule has 1 aromatic heterocycles. The van der Waals surface area contributed by atoms with E-state index in [1.807, 2.05) is 25.0 Å². The second-order valence-corrected chi connectivity index (χ2v) is 5.61. The van der Waals surface area contributed by atoms with E-state index >= 15 is 0 Å². The van der Waals surface area contributed by atoms with Crippen molar-refractivity contribution in [1.29, 1.82) is 0 Å². The number of benzene rings is 1. The van der Waals surface area contributed by atoms with Crippen LogP contribution in [0, 0.1) is 0 Å². The molecule has 1 heterocycles. The molecule has 3 heteroatoms. The minimum Gasteiger partial charge on any atom is -0.316 e. The Bertz CT molecular complexity index is 514. The van der Waals surface area contributed by atoms with Crippen LogP contribution in [0.25, 0.3) is 0 Å². The lowest BCUT2D eigenvalue weighted by atomic mass is 9.76. The van der Waals surface area contributed by atoms with Crippen LogP contribution in [0.15, 0.2) is 42.6 Å². The molecule has 0 saturated heterocycles. The summed E-state index contributed by atoms with van der Waals surface area (Å²) in [5.74, 6) is 0. The van der Waals surface area contributed by atoms with Crippen LogP contribution in [-0.4, -0.2) is 22.9 Å². The number of hydrogen-bond donors (Lipinski definition) is 1. The molecule has 1 atom stereocenters. The van der Waals surface area contributed by atoms with Crippen LogP contribution in [0.3, 0.4) is 0 Å². The molecule has 0 aliphatic carbocycles. The summed E-state index contributed by atoms with van der Waals surface area (Å²) in [5, 5.41) is 7.93. The SMILES string of the molecule is CNC(Cc1ccn(C)n1)C(C)(C)c1ccccc1. The van der Waals surface area contributed by atoms with E-state index in [-0.39, 0.29) is 5.41 Å². The quantitative estimate of drug-likeness (QED) is 0.892. The van der Waals surface area contributed by atoms with Crippen molar-refractivity contribution < 1.29 is 0 Å². The van der Waals surface area contributed by atoms with Gasteiger partial charge in [-0.05, 0) is 18.7 Å². The largest absolute Gasteiger partial charge is 0.316 e. The van der Waals surface area contributed by atoms with Crippen molar-refractivity contribution in [2.24, 2.45) is 7.05 Å². The molecular weight excluding hydrogens is 234 g/mol. The fraction of sp³-hybridized carbons (Fsp3) is 0.438. The number of hydrogen-bond acceptors (Lipinski definition) is 2. The minimum absolute atomic E-state index is 0.0630. The van der Waals surface area contributed by atoms with Crippen LogP contribution in [0.1, 0.15) is 25.1 Å². The molecule has 0 spiro atoms. The molecule has 19 heavy (non-hydrogen) atoms. The maximum atomic E-state index is 4.48. The Morgan fingerprint density at radius 3 is 2.42 bits per heavy atom. The standard InChI is InChI=1S/C16H23N3/c1-16(2,13-8-6-5-7-9-13)15(17-3)12-14-10-11-19(4)18-14/h5-11,15,17H,12H2,1-4H3. The summed E-state index contributed by atoms with van der Waals surface area (Å²) in [6, 6.07) is 13.1. The summed E-state index contributed by atoms with van der Waals surface area (Å²) in [6.45, 7) is 4.57. The Balaban J connectivity index is 2.21. The lowest BCUT2D eigenvalue weighted by Gasteiger charge is -2.34. The van der Waals surface area contributed by atoms with Crippen molar-refractivity contribution in [2.75, 3.05) is 7.05 Å². The van der Waals surface area contributed by atoms with Crippen molar-refractivity contribution in [2.45, 2.75) is 31.7 Å². The number of nitrogens with one attached hydrogen (secondary N) is 1. The zero-order valence-electron chi connectivity index (χ0n) is 12.2. The fourth-order valence-electron chi connectivity index (χ4n) is 2.57. The normalized spacial score (nSPS) is 13.5. The predicted molar refractivity (Wildman–Crippen MR) is 79.2 cm³/mol. The molecule has 3 nitrogen and oxygen atoms in total. The van der Waals surface area contributed by atoms with Gasteiger partial charge in [-0.25, -0.2) is 0 Å². The van der Waals surface area contributed by atoms with Crippen LogP contribution in [0.4, 0.5) is 0 Å². The Morgan fingerprint density at radius 2 is 1.89 bits per heavy atom. The molecule has 0 fully saturated rings. The number of nitrogens with zero attached hydrogens (tertiary/aromatic N) is 2. The highest BCUT2D eigenvalue weighted by Gasteiger charge is 2.30. The Kier molecular flexibility index (Phi) is 4.05. The first-order chi connectivity index (χ1) is 9.04. The first-order valence-corrected chi connectivity index (χ1v) is 6.75. The van der Waals surface area contributed by atoms with E-state index in [9.17, 15) is 0 Å². The highest BCUT2D eigenvalue weighted by atomic mass is 15.2. The molecule has 1 N–H and O–H groups in total. The van der Waals surface area contributed by atoms with Crippen LogP contribution in [0.2, 0.25) is 0 Å². The van der Waals surface area contributed by atoms with E-state index in [2.05, 4.69) is 60.7 Å². The number of likely N-dealkylation sites (N-methyl/N-ethyl adjacent to an activating group) is 1. The van der Waals surface area contributed by atoms with Crippen molar-refractivity contribution in [1.82, 2.24) is 15.1 Å². The summed E-state index contributed by atoms with van der Waals surface area (Å²) in [7, 11) is 3.98. The summed E-state index contributed by atoms with van der Waals surface area (Å²) in [6.07, 6.45) is 2.93. The summed E-state index contributed by atoms with van der Waals surface area (Å²) < 4.78 is 1.86. The molecule has 0 bridgehead atoms. The van der Waals surface area contributed by atoms with E-state index in [0.29, 0.717) is 6.04 Å². The zero-order chi connectivity index (χ0) is 13.9. The van der Waals surface area contributed by atoms with E-state index < -0.39 is 0 Å². The topological polar surface area (TPSA) is 29.9 Å². The van der Waals surface area contributed by atoms with Gasteiger partial charge in [-0.15, -0.1) is 0 Å². The molecule has 0 amide bonds. The smallest absolute Gasteiger partial charge is 0.0640 e. The summed E-state index contributed by atoms with van der Waals surface area (Å²) >= 11 is 0. The van der Waals surface area contributed by atoms with Crippen molar-refractivity contribution in [3.8, 4) is 0 Å². The van der Waals surface area contributed by atoms with Gasteiger partial charge in [0, 0.05) is 31.1 Å². The number of rotatable bonds is 5. The van der Waals surface area contributed by atoms with Gasteiger partial charge in [-0.2, -0.15) is 5.10 Å². The fourth-order valence-corrected chi connectivity index (χ4v) is 2.57. The lowest BCUT2D eigenvalue weighted by Crippen LogP contribution is -2.44. The molecule has 102 valence electrons. The van der Waals surface area contributed by atoms with Gasteiger partial charge in [-0.1, -0.05) is 44.2 Å². The molecule has 2 aromatic rings. The second-order valence-electron chi connectivity index (χ2n) is 5.61. The Morgan fingerprint density at radius 1 is 1.21 bits per heavy atom. The van der Waals surface area contributed by atoms with Crippen LogP contribution < -0.4 is 5.32 Å². The summed E-state index contributed by atoms with van der Waals surface area (Å²) in [5.41, 5.74) is 2.55. The van der Waals surface area contributed by atoms with Gasteiger partial charge in [0.25, 0.3) is 0 Å². The minimum atomic E-state index is 0.0630. The third-order valence-electron chi connectivity index (χ3n) is 3.92. The van der Waals surface area contributed by atoms with Crippen molar-refractivity contribution in [3.63, 3.8) is 0 Å². The van der Waals surface area contributed by atoms with Gasteiger partial charge >= 0.3 is 0 Å². The molecular formula is C16H23N3. The molecule has 1 unspecified atom stereocenters. The maximum absolute atomic E-state index is 4.48. The average Bonchev–Trinajstić information content (AvgIpc) is 2.82. The van der Waals surface area contributed by atoms with Gasteiger partial charge < -0.3 is 5.32 Å². The highest BCUT2D eigenvalue weighted by molar-refractivity contribution is 5.26. The molecule has 2 rings (SSSR count). The first kappa shape index (κ1) is 13.8. The first-order valence-electron chi connectivity index (χ1n) is 6.75. The Hall–Kier alpha value is -1.61. The van der Waals surface area contributed by atoms with Gasteiger partial charge in [0.15, 0.2) is 0 Å². The van der Waals surface area contributed by atoms with Gasteiger partial charge in [0.1, 0.15) is 0 Å². The lowest BCUT2D eigenvalue weighted by molar-refractivity contribution is 0.353.